The molecule has 0 aliphatic carbocycles. The molecule has 2 unspecified atom stereocenters. The molecular formula is C51H98NO8P. The van der Waals surface area contributed by atoms with Crippen LogP contribution in [0.3, 0.4) is 0 Å². The fourth-order valence-electron chi connectivity index (χ4n) is 7.22. The lowest BCUT2D eigenvalue weighted by Gasteiger charge is -2.28. The van der Waals surface area contributed by atoms with Crippen LogP contribution in [0, 0.1) is 0 Å². The second kappa shape index (κ2) is 43.7. The van der Waals surface area contributed by atoms with Crippen molar-refractivity contribution >= 4 is 19.8 Å². The minimum absolute atomic E-state index is 0.0304. The predicted molar refractivity (Wildman–Crippen MR) is 254 cm³/mol. The maximum Gasteiger partial charge on any atom is 0.306 e. The van der Waals surface area contributed by atoms with E-state index in [9.17, 15) is 19.0 Å². The van der Waals surface area contributed by atoms with Crippen molar-refractivity contribution in [1.82, 2.24) is 0 Å². The van der Waals surface area contributed by atoms with Crippen molar-refractivity contribution in [2.45, 2.75) is 245 Å². The molecular weight excluding hydrogens is 786 g/mol. The van der Waals surface area contributed by atoms with Crippen LogP contribution in [-0.4, -0.2) is 70.0 Å². The van der Waals surface area contributed by atoms with E-state index in [0.717, 1.165) is 51.4 Å². The highest BCUT2D eigenvalue weighted by atomic mass is 31.2. The van der Waals surface area contributed by atoms with Crippen LogP contribution >= 0.6 is 7.82 Å². The highest BCUT2D eigenvalue weighted by molar-refractivity contribution is 7.45. The summed E-state index contributed by atoms with van der Waals surface area (Å²) >= 11 is 0. The van der Waals surface area contributed by atoms with Crippen LogP contribution in [0.25, 0.3) is 0 Å². The SMILES string of the molecule is CCCCCC/C=C\C/C=C\CCCCCCCCCC(=O)OC(COC(=O)CCCCCCCCCCCCCCCCCCCCC)COP(=O)([O-])OCC[N+](C)(C)C. The molecule has 0 spiro atoms. The molecule has 0 rings (SSSR count). The van der Waals surface area contributed by atoms with Crippen molar-refractivity contribution in [1.29, 1.82) is 0 Å². The van der Waals surface area contributed by atoms with Crippen LogP contribution < -0.4 is 4.89 Å². The van der Waals surface area contributed by atoms with E-state index in [4.69, 9.17) is 18.5 Å². The van der Waals surface area contributed by atoms with Crippen LogP contribution in [0.2, 0.25) is 0 Å². The van der Waals surface area contributed by atoms with Gasteiger partial charge in [-0.15, -0.1) is 0 Å². The number of esters is 2. The van der Waals surface area contributed by atoms with Crippen molar-refractivity contribution in [3.8, 4) is 0 Å². The van der Waals surface area contributed by atoms with Crippen molar-refractivity contribution in [3.63, 3.8) is 0 Å². The number of phosphoric acid groups is 1. The molecule has 2 atom stereocenters. The largest absolute Gasteiger partial charge is 0.756 e. The Kier molecular flexibility index (Phi) is 42.6. The molecule has 0 aromatic rings. The number of phosphoric ester groups is 1. The monoisotopic (exact) mass is 884 g/mol. The summed E-state index contributed by atoms with van der Waals surface area (Å²) in [6.45, 7) is 4.24. The van der Waals surface area contributed by atoms with Gasteiger partial charge in [-0.05, 0) is 44.9 Å². The maximum atomic E-state index is 12.7. The molecule has 0 radical (unpaired) electrons. The molecule has 0 aromatic carbocycles. The Bertz CT molecular complexity index is 1090. The maximum absolute atomic E-state index is 12.7. The summed E-state index contributed by atoms with van der Waals surface area (Å²) in [5.74, 6) is -0.831. The van der Waals surface area contributed by atoms with E-state index in [-0.39, 0.29) is 32.0 Å². The van der Waals surface area contributed by atoms with Gasteiger partial charge in [0.15, 0.2) is 6.10 Å². The zero-order valence-electron chi connectivity index (χ0n) is 40.6. The first-order chi connectivity index (χ1) is 29.5. The number of likely N-dealkylation sites (N-methyl/N-ethyl adjacent to an activating group) is 1. The summed E-state index contributed by atoms with van der Waals surface area (Å²) in [6, 6.07) is 0. The standard InChI is InChI=1S/C51H98NO8P/c1-6-8-10-12-14-16-18-20-22-24-26-28-29-31-33-35-37-39-41-43-50(53)57-47-49(48-59-61(55,56)58-46-45-52(3,4)5)60-51(54)44-42-40-38-36-34-32-30-27-25-23-21-19-17-15-13-11-9-7-2/h17,19,23,25,49H,6-16,18,20-22,24,26-48H2,1-5H3/b19-17-,25-23-. The summed E-state index contributed by atoms with van der Waals surface area (Å²) in [6.07, 6.45) is 49.1. The van der Waals surface area contributed by atoms with Crippen molar-refractivity contribution in [2.75, 3.05) is 47.5 Å². The molecule has 0 fully saturated rings. The Labute approximate surface area is 377 Å². The molecule has 0 N–H and O–H groups in total. The van der Waals surface area contributed by atoms with Gasteiger partial charge in [-0.3, -0.25) is 14.2 Å². The molecule has 9 nitrogen and oxygen atoms in total. The third kappa shape index (κ3) is 47.8. The molecule has 0 bridgehead atoms. The molecule has 61 heavy (non-hydrogen) atoms. The number of carbonyl (C=O) groups excluding carboxylic acids is 2. The first-order valence-electron chi connectivity index (χ1n) is 25.5. The number of rotatable bonds is 47. The molecule has 0 aliphatic heterocycles. The highest BCUT2D eigenvalue weighted by Crippen LogP contribution is 2.38. The second-order valence-corrected chi connectivity index (χ2v) is 20.0. The minimum atomic E-state index is -4.63. The number of quaternary nitrogens is 1. The van der Waals surface area contributed by atoms with Crippen molar-refractivity contribution in [3.05, 3.63) is 24.3 Å². The van der Waals surface area contributed by atoms with Crippen LogP contribution in [-0.2, 0) is 32.7 Å². The second-order valence-electron chi connectivity index (χ2n) is 18.5. The lowest BCUT2D eigenvalue weighted by molar-refractivity contribution is -0.870. The lowest BCUT2D eigenvalue weighted by atomic mass is 10.0. The Hall–Kier alpha value is -1.51. The zero-order valence-corrected chi connectivity index (χ0v) is 41.5. The Balaban J connectivity index is 4.24. The van der Waals surface area contributed by atoms with Gasteiger partial charge in [0.2, 0.25) is 0 Å². The van der Waals surface area contributed by atoms with Gasteiger partial charge >= 0.3 is 11.9 Å². The molecule has 0 amide bonds. The average Bonchev–Trinajstić information content (AvgIpc) is 3.21. The summed E-state index contributed by atoms with van der Waals surface area (Å²) < 4.78 is 34.0. The molecule has 0 aliphatic rings. The average molecular weight is 884 g/mol. The van der Waals surface area contributed by atoms with Crippen LogP contribution in [0.4, 0.5) is 0 Å². The highest BCUT2D eigenvalue weighted by Gasteiger charge is 2.21. The zero-order chi connectivity index (χ0) is 45.0. The van der Waals surface area contributed by atoms with Crippen molar-refractivity contribution < 1.29 is 42.1 Å². The summed E-state index contributed by atoms with van der Waals surface area (Å²) in [5.41, 5.74) is 0. The van der Waals surface area contributed by atoms with Gasteiger partial charge in [0.1, 0.15) is 19.8 Å². The Morgan fingerprint density at radius 1 is 0.508 bits per heavy atom. The Morgan fingerprint density at radius 3 is 1.31 bits per heavy atom. The third-order valence-corrected chi connectivity index (χ3v) is 12.2. The number of unbranched alkanes of at least 4 members (excludes halogenated alkanes) is 29. The van der Waals surface area contributed by atoms with E-state index in [1.54, 1.807) is 0 Å². The lowest BCUT2D eigenvalue weighted by Crippen LogP contribution is -2.37. The van der Waals surface area contributed by atoms with Gasteiger partial charge in [0.05, 0.1) is 27.7 Å². The first-order valence-corrected chi connectivity index (χ1v) is 27.0. The van der Waals surface area contributed by atoms with Crippen LogP contribution in [0.1, 0.15) is 239 Å². The number of ether oxygens (including phenoxy) is 2. The van der Waals surface area contributed by atoms with Crippen molar-refractivity contribution in [2.24, 2.45) is 0 Å². The molecule has 360 valence electrons. The van der Waals surface area contributed by atoms with Gasteiger partial charge in [-0.25, -0.2) is 0 Å². The fraction of sp³-hybridized carbons (Fsp3) is 0.882. The van der Waals surface area contributed by atoms with E-state index >= 15 is 0 Å². The summed E-state index contributed by atoms with van der Waals surface area (Å²) in [4.78, 5) is 37.7. The topological polar surface area (TPSA) is 111 Å². The van der Waals surface area contributed by atoms with E-state index in [1.807, 2.05) is 21.1 Å². The number of nitrogens with zero attached hydrogens (tertiary/aromatic N) is 1. The van der Waals surface area contributed by atoms with Gasteiger partial charge in [0.25, 0.3) is 7.82 Å². The predicted octanol–water partition coefficient (Wildman–Crippen LogP) is 14.5. The number of allylic oxidation sites excluding steroid dienone is 4. The van der Waals surface area contributed by atoms with Crippen LogP contribution in [0.5, 0.6) is 0 Å². The Morgan fingerprint density at radius 2 is 0.885 bits per heavy atom. The van der Waals surface area contributed by atoms with Crippen LogP contribution in [0.15, 0.2) is 24.3 Å². The number of carbonyl (C=O) groups is 2. The van der Waals surface area contributed by atoms with E-state index in [0.29, 0.717) is 17.4 Å². The van der Waals surface area contributed by atoms with E-state index < -0.39 is 26.5 Å². The smallest absolute Gasteiger partial charge is 0.306 e. The molecule has 0 aromatic heterocycles. The normalized spacial score (nSPS) is 13.6. The number of hydrogen-bond donors (Lipinski definition) is 0. The van der Waals surface area contributed by atoms with E-state index in [1.165, 1.54) is 154 Å². The molecule has 10 heteroatoms. The van der Waals surface area contributed by atoms with Gasteiger partial charge < -0.3 is 27.9 Å². The summed E-state index contributed by atoms with van der Waals surface area (Å²) in [5, 5.41) is 0. The van der Waals surface area contributed by atoms with Gasteiger partial charge in [0, 0.05) is 12.8 Å². The third-order valence-electron chi connectivity index (χ3n) is 11.2. The summed E-state index contributed by atoms with van der Waals surface area (Å²) in [7, 11) is 1.17. The fourth-order valence-corrected chi connectivity index (χ4v) is 7.94. The van der Waals surface area contributed by atoms with Gasteiger partial charge in [-0.1, -0.05) is 205 Å². The van der Waals surface area contributed by atoms with E-state index in [2.05, 4.69) is 38.2 Å². The number of hydrogen-bond acceptors (Lipinski definition) is 8. The molecule has 0 saturated carbocycles. The molecule has 0 saturated heterocycles. The minimum Gasteiger partial charge on any atom is -0.756 e. The van der Waals surface area contributed by atoms with Gasteiger partial charge in [-0.2, -0.15) is 0 Å². The molecule has 0 heterocycles. The first kappa shape index (κ1) is 59.5. The quantitative estimate of drug-likeness (QED) is 0.0195.